The Morgan fingerprint density at radius 3 is 2.40 bits per heavy atom. The lowest BCUT2D eigenvalue weighted by Crippen LogP contribution is -2.50. The smallest absolute Gasteiger partial charge is 0.410 e. The number of hydrogen-bond acceptors (Lipinski definition) is 7. The van der Waals surface area contributed by atoms with Gasteiger partial charge in [-0.2, -0.15) is 0 Å². The summed E-state index contributed by atoms with van der Waals surface area (Å²) < 4.78 is 10.7. The summed E-state index contributed by atoms with van der Waals surface area (Å²) in [6, 6.07) is 5.19. The number of carbonyl (C=O) groups excluding carboxylic acids is 2. The molecule has 1 aliphatic heterocycles. The van der Waals surface area contributed by atoms with Crippen LogP contribution in [0.4, 0.5) is 10.5 Å². The average Bonchev–Trinajstić information content (AvgIpc) is 2.69. The molecule has 0 bridgehead atoms. The van der Waals surface area contributed by atoms with Crippen molar-refractivity contribution in [2.45, 2.75) is 57.9 Å². The molecule has 0 radical (unpaired) electrons. The minimum atomic E-state index is -0.680. The highest BCUT2D eigenvalue weighted by Gasteiger charge is 2.29. The summed E-state index contributed by atoms with van der Waals surface area (Å²) in [4.78, 5) is 36.4. The van der Waals surface area contributed by atoms with Crippen molar-refractivity contribution >= 4 is 17.7 Å². The van der Waals surface area contributed by atoms with Crippen LogP contribution in [0.3, 0.4) is 0 Å². The van der Waals surface area contributed by atoms with E-state index in [9.17, 15) is 19.7 Å². The second kappa shape index (κ2) is 10.2. The minimum absolute atomic E-state index is 0.0138. The number of amides is 1. The van der Waals surface area contributed by atoms with Gasteiger partial charge in [-0.05, 0) is 51.3 Å². The quantitative estimate of drug-likeness (QED) is 0.313. The van der Waals surface area contributed by atoms with Crippen molar-refractivity contribution in [1.82, 2.24) is 10.2 Å². The second-order valence-corrected chi connectivity index (χ2v) is 8.15. The fraction of sp³-hybridized carbons (Fsp3) is 0.524. The minimum Gasteiger partial charge on any atom is -0.459 e. The molecule has 1 N–H and O–H groups in total. The highest BCUT2D eigenvalue weighted by atomic mass is 16.6. The van der Waals surface area contributed by atoms with Crippen molar-refractivity contribution in [3.63, 3.8) is 0 Å². The highest BCUT2D eigenvalue weighted by Crippen LogP contribution is 2.17. The molecule has 1 heterocycles. The normalized spacial score (nSPS) is 15.9. The van der Waals surface area contributed by atoms with Gasteiger partial charge in [0.15, 0.2) is 0 Å². The maximum atomic E-state index is 12.4. The number of hydrogen-bond donors (Lipinski definition) is 1. The van der Waals surface area contributed by atoms with Crippen molar-refractivity contribution in [2.75, 3.05) is 13.1 Å². The first kappa shape index (κ1) is 23.3. The average molecular weight is 419 g/mol. The number of nitro benzene ring substituents is 1. The van der Waals surface area contributed by atoms with E-state index in [2.05, 4.69) is 11.9 Å². The predicted molar refractivity (Wildman–Crippen MR) is 111 cm³/mol. The zero-order chi connectivity index (χ0) is 22.3. The Bertz CT molecular complexity index is 764. The molecule has 0 aliphatic carbocycles. The molecule has 1 atom stereocenters. The number of piperidine rings is 1. The zero-order valence-corrected chi connectivity index (χ0v) is 17.6. The molecular formula is C21H29N3O6. The SMILES string of the molecule is C=CC(NC1CCN(C(=O)OC(C)(C)C)CC1)C(=O)OCc1ccc([N+](=O)[O-])cc1. The van der Waals surface area contributed by atoms with Gasteiger partial charge < -0.3 is 14.4 Å². The molecule has 1 aliphatic rings. The molecule has 0 aromatic heterocycles. The van der Waals surface area contributed by atoms with Crippen LogP contribution in [0.1, 0.15) is 39.2 Å². The molecule has 1 fully saturated rings. The van der Waals surface area contributed by atoms with Gasteiger partial charge in [0.1, 0.15) is 18.2 Å². The van der Waals surface area contributed by atoms with E-state index < -0.39 is 22.5 Å². The predicted octanol–water partition coefficient (Wildman–Crippen LogP) is 3.18. The van der Waals surface area contributed by atoms with Gasteiger partial charge in [0.25, 0.3) is 5.69 Å². The van der Waals surface area contributed by atoms with Crippen LogP contribution in [0.15, 0.2) is 36.9 Å². The molecule has 0 saturated carbocycles. The third kappa shape index (κ3) is 7.14. The van der Waals surface area contributed by atoms with Crippen molar-refractivity contribution in [3.05, 3.63) is 52.6 Å². The molecule has 2 rings (SSSR count). The van der Waals surface area contributed by atoms with Gasteiger partial charge in [0, 0.05) is 31.3 Å². The third-order valence-electron chi connectivity index (χ3n) is 4.58. The van der Waals surface area contributed by atoms with E-state index >= 15 is 0 Å². The summed E-state index contributed by atoms with van der Waals surface area (Å²) >= 11 is 0. The summed E-state index contributed by atoms with van der Waals surface area (Å²) in [5, 5.41) is 13.9. The van der Waals surface area contributed by atoms with E-state index in [0.29, 0.717) is 31.5 Å². The first-order valence-corrected chi connectivity index (χ1v) is 9.85. The van der Waals surface area contributed by atoms with Gasteiger partial charge in [-0.1, -0.05) is 6.08 Å². The van der Waals surface area contributed by atoms with E-state index in [-0.39, 0.29) is 24.4 Å². The van der Waals surface area contributed by atoms with Crippen LogP contribution in [-0.2, 0) is 20.9 Å². The van der Waals surface area contributed by atoms with Crippen LogP contribution in [0.5, 0.6) is 0 Å². The number of nitrogens with zero attached hydrogens (tertiary/aromatic N) is 2. The number of benzene rings is 1. The van der Waals surface area contributed by atoms with E-state index in [1.54, 1.807) is 17.0 Å². The lowest BCUT2D eigenvalue weighted by molar-refractivity contribution is -0.384. The molecule has 1 saturated heterocycles. The largest absolute Gasteiger partial charge is 0.459 e. The molecule has 1 amide bonds. The van der Waals surface area contributed by atoms with Gasteiger partial charge in [-0.15, -0.1) is 6.58 Å². The molecule has 0 spiro atoms. The number of carbonyl (C=O) groups is 2. The number of esters is 1. The molecule has 30 heavy (non-hydrogen) atoms. The first-order chi connectivity index (χ1) is 14.1. The number of nitrogens with one attached hydrogen (secondary N) is 1. The standard InChI is InChI=1S/C21H29N3O6/c1-5-18(19(25)29-14-15-6-8-17(9-7-15)24(27)28)22-16-10-12-23(13-11-16)20(26)30-21(2,3)4/h5-9,16,18,22H,1,10-14H2,2-4H3. The Kier molecular flexibility index (Phi) is 7.93. The molecule has 1 unspecified atom stereocenters. The first-order valence-electron chi connectivity index (χ1n) is 9.85. The van der Waals surface area contributed by atoms with E-state index in [0.717, 1.165) is 0 Å². The fourth-order valence-corrected chi connectivity index (χ4v) is 3.00. The molecule has 164 valence electrons. The number of rotatable bonds is 7. The topological polar surface area (TPSA) is 111 Å². The molecule has 1 aromatic rings. The van der Waals surface area contributed by atoms with Crippen LogP contribution in [-0.4, -0.2) is 52.7 Å². The number of nitro groups is 1. The monoisotopic (exact) mass is 419 g/mol. The zero-order valence-electron chi connectivity index (χ0n) is 17.6. The van der Waals surface area contributed by atoms with Gasteiger partial charge in [-0.3, -0.25) is 15.4 Å². The van der Waals surface area contributed by atoms with Crippen molar-refractivity contribution in [2.24, 2.45) is 0 Å². The Balaban J connectivity index is 1.79. The summed E-state index contributed by atoms with van der Waals surface area (Å²) in [5.41, 5.74) is 0.101. The van der Waals surface area contributed by atoms with E-state index in [1.807, 2.05) is 20.8 Å². The Morgan fingerprint density at radius 2 is 1.90 bits per heavy atom. The summed E-state index contributed by atoms with van der Waals surface area (Å²) in [5.74, 6) is -0.474. The number of ether oxygens (including phenoxy) is 2. The summed E-state index contributed by atoms with van der Waals surface area (Å²) in [6.07, 6.45) is 2.51. The van der Waals surface area contributed by atoms with Crippen LogP contribution >= 0.6 is 0 Å². The van der Waals surface area contributed by atoms with Crippen molar-refractivity contribution in [1.29, 1.82) is 0 Å². The van der Waals surface area contributed by atoms with Gasteiger partial charge in [0.05, 0.1) is 4.92 Å². The van der Waals surface area contributed by atoms with Crippen LogP contribution in [0, 0.1) is 10.1 Å². The van der Waals surface area contributed by atoms with Crippen molar-refractivity contribution in [3.8, 4) is 0 Å². The third-order valence-corrected chi connectivity index (χ3v) is 4.58. The number of likely N-dealkylation sites (tertiary alicyclic amines) is 1. The molecule has 9 heteroatoms. The molecule has 1 aromatic carbocycles. The van der Waals surface area contributed by atoms with Gasteiger partial charge in [0.2, 0.25) is 0 Å². The summed E-state index contributed by atoms with van der Waals surface area (Å²) in [7, 11) is 0. The summed E-state index contributed by atoms with van der Waals surface area (Å²) in [6.45, 7) is 10.3. The Hall–Kier alpha value is -2.94. The van der Waals surface area contributed by atoms with Gasteiger partial charge in [-0.25, -0.2) is 9.59 Å². The van der Waals surface area contributed by atoms with E-state index in [4.69, 9.17) is 9.47 Å². The van der Waals surface area contributed by atoms with Gasteiger partial charge >= 0.3 is 12.1 Å². The Morgan fingerprint density at radius 1 is 1.30 bits per heavy atom. The van der Waals surface area contributed by atoms with E-state index in [1.165, 1.54) is 18.2 Å². The molecule has 9 nitrogen and oxygen atoms in total. The second-order valence-electron chi connectivity index (χ2n) is 8.15. The fourth-order valence-electron chi connectivity index (χ4n) is 3.00. The van der Waals surface area contributed by atoms with Crippen LogP contribution in [0.2, 0.25) is 0 Å². The maximum absolute atomic E-state index is 12.4. The highest BCUT2D eigenvalue weighted by molar-refractivity contribution is 5.78. The van der Waals surface area contributed by atoms with Crippen LogP contribution < -0.4 is 5.32 Å². The lowest BCUT2D eigenvalue weighted by Gasteiger charge is -2.34. The lowest BCUT2D eigenvalue weighted by atomic mass is 10.0. The van der Waals surface area contributed by atoms with Crippen molar-refractivity contribution < 1.29 is 24.0 Å². The maximum Gasteiger partial charge on any atom is 0.410 e. The molecular weight excluding hydrogens is 390 g/mol. The Labute approximate surface area is 176 Å². The number of non-ortho nitro benzene ring substituents is 1. The van der Waals surface area contributed by atoms with Crippen LogP contribution in [0.25, 0.3) is 0 Å².